The lowest BCUT2D eigenvalue weighted by Gasteiger charge is -2.30. The Bertz CT molecular complexity index is 900. The van der Waals surface area contributed by atoms with E-state index in [1.165, 1.54) is 16.7 Å². The van der Waals surface area contributed by atoms with E-state index in [1.54, 1.807) is 11.3 Å². The summed E-state index contributed by atoms with van der Waals surface area (Å²) in [4.78, 5) is 16.1. The van der Waals surface area contributed by atoms with Gasteiger partial charge in [-0.25, -0.2) is 0 Å². The first-order chi connectivity index (χ1) is 14.8. The zero-order valence-corrected chi connectivity index (χ0v) is 20.2. The van der Waals surface area contributed by atoms with E-state index in [9.17, 15) is 4.79 Å². The summed E-state index contributed by atoms with van der Waals surface area (Å²) in [5.74, 6) is 0.237. The Labute approximate surface area is 198 Å². The van der Waals surface area contributed by atoms with Gasteiger partial charge in [0, 0.05) is 31.6 Å². The number of ketones is 1. The third kappa shape index (κ3) is 5.92. The highest BCUT2D eigenvalue weighted by molar-refractivity contribution is 8.93. The second kappa shape index (κ2) is 12.0. The second-order valence-electron chi connectivity index (χ2n) is 7.69. The van der Waals surface area contributed by atoms with Gasteiger partial charge in [-0.15, -0.1) is 28.3 Å². The van der Waals surface area contributed by atoms with Gasteiger partial charge in [-0.3, -0.25) is 4.79 Å². The summed E-state index contributed by atoms with van der Waals surface area (Å²) in [7, 11) is 0. The first-order valence-corrected chi connectivity index (χ1v) is 11.6. The summed E-state index contributed by atoms with van der Waals surface area (Å²) in [6.45, 7) is 5.15. The summed E-state index contributed by atoms with van der Waals surface area (Å²) in [6, 6.07) is 10.5. The molecule has 4 rings (SSSR count). The number of nitrogens with zero attached hydrogens (tertiary/aromatic N) is 1. The summed E-state index contributed by atoms with van der Waals surface area (Å²) in [5.41, 5.74) is 6.27. The smallest absolute Gasteiger partial charge is 0.177 e. The molecule has 0 saturated carbocycles. The van der Waals surface area contributed by atoms with Crippen molar-refractivity contribution < 1.29 is 19.4 Å². The second-order valence-corrected chi connectivity index (χ2v) is 8.61. The van der Waals surface area contributed by atoms with Gasteiger partial charge in [-0.05, 0) is 41.0 Å². The van der Waals surface area contributed by atoms with Crippen molar-refractivity contribution in [2.24, 2.45) is 0 Å². The number of benzene rings is 1. The molecule has 0 atom stereocenters. The average molecular weight is 508 g/mol. The van der Waals surface area contributed by atoms with E-state index >= 15 is 0 Å². The molecule has 1 aliphatic heterocycles. The number of thiophene rings is 1. The lowest BCUT2D eigenvalue weighted by Crippen LogP contribution is -2.34. The molecule has 0 amide bonds. The van der Waals surface area contributed by atoms with E-state index in [2.05, 4.69) is 29.2 Å². The molecule has 1 fully saturated rings. The van der Waals surface area contributed by atoms with Crippen LogP contribution in [-0.4, -0.2) is 68.5 Å². The van der Waals surface area contributed by atoms with Crippen molar-refractivity contribution in [3.05, 3.63) is 62.9 Å². The zero-order valence-electron chi connectivity index (χ0n) is 17.7. The highest BCUT2D eigenvalue weighted by atomic mass is 79.9. The number of rotatable bonds is 8. The van der Waals surface area contributed by atoms with Gasteiger partial charge < -0.3 is 19.5 Å². The zero-order chi connectivity index (χ0) is 20.8. The van der Waals surface area contributed by atoms with Crippen molar-refractivity contribution in [1.82, 2.24) is 4.90 Å². The molecule has 2 aliphatic rings. The van der Waals surface area contributed by atoms with Crippen LogP contribution in [-0.2, 0) is 15.9 Å². The minimum absolute atomic E-state index is 0. The first-order valence-electron chi connectivity index (χ1n) is 10.7. The van der Waals surface area contributed by atoms with Crippen LogP contribution in [0.1, 0.15) is 39.2 Å². The molecule has 168 valence electrons. The molecule has 0 bridgehead atoms. The molecule has 1 N–H and O–H groups in total. The molecule has 0 unspecified atom stereocenters. The molecule has 1 saturated heterocycles. The number of aliphatic hydroxyl groups is 1. The fourth-order valence-electron chi connectivity index (χ4n) is 4.30. The van der Waals surface area contributed by atoms with Gasteiger partial charge in [0.25, 0.3) is 0 Å². The third-order valence-corrected chi connectivity index (χ3v) is 6.75. The molecule has 7 heteroatoms. The third-order valence-electron chi connectivity index (χ3n) is 5.80. The van der Waals surface area contributed by atoms with Crippen LogP contribution in [0.25, 0.3) is 5.57 Å². The highest BCUT2D eigenvalue weighted by Gasteiger charge is 2.27. The van der Waals surface area contributed by atoms with Gasteiger partial charge in [-0.2, -0.15) is 0 Å². The van der Waals surface area contributed by atoms with E-state index in [0.29, 0.717) is 32.8 Å². The van der Waals surface area contributed by atoms with Crippen LogP contribution in [0.3, 0.4) is 0 Å². The van der Waals surface area contributed by atoms with E-state index in [0.717, 1.165) is 48.5 Å². The molecular formula is C24H30BrNO4S. The summed E-state index contributed by atoms with van der Waals surface area (Å²) >= 11 is 1.57. The Morgan fingerprint density at radius 1 is 0.968 bits per heavy atom. The number of ether oxygens (including phenoxy) is 2. The van der Waals surface area contributed by atoms with Crippen LogP contribution in [0, 0.1) is 0 Å². The molecule has 2 aromatic rings. The Morgan fingerprint density at radius 2 is 1.71 bits per heavy atom. The molecule has 0 spiro atoms. The Morgan fingerprint density at radius 3 is 2.48 bits per heavy atom. The van der Waals surface area contributed by atoms with E-state index < -0.39 is 0 Å². The van der Waals surface area contributed by atoms with Crippen molar-refractivity contribution >= 4 is 39.7 Å². The van der Waals surface area contributed by atoms with Crippen molar-refractivity contribution in [1.29, 1.82) is 0 Å². The molecule has 1 aliphatic carbocycles. The van der Waals surface area contributed by atoms with Crippen LogP contribution in [0.15, 0.2) is 41.3 Å². The van der Waals surface area contributed by atoms with Gasteiger partial charge in [0.05, 0.1) is 37.9 Å². The average Bonchev–Trinajstić information content (AvgIpc) is 3.21. The standard InChI is InChI=1S/C24H29NO4S.BrH/c26-11-13-29-15-14-28-12-10-25-8-5-18(6-9-25)23-20-4-2-1-3-19(20)17-22(27)24-21(23)7-16-30-24;/h1-4,7,16,26H,5-6,8-15,17H2;1H. The summed E-state index contributed by atoms with van der Waals surface area (Å²) in [5, 5.41) is 10.7. The van der Waals surface area contributed by atoms with Crippen molar-refractivity contribution in [3.63, 3.8) is 0 Å². The maximum atomic E-state index is 12.8. The van der Waals surface area contributed by atoms with Gasteiger partial charge >= 0.3 is 0 Å². The fraction of sp³-hybridized carbons (Fsp3) is 0.458. The van der Waals surface area contributed by atoms with Crippen LogP contribution < -0.4 is 0 Å². The number of carbonyl (C=O) groups is 1. The van der Waals surface area contributed by atoms with Gasteiger partial charge in [0.1, 0.15) is 0 Å². The Balaban J connectivity index is 0.00000272. The minimum atomic E-state index is 0. The first kappa shape index (κ1) is 24.3. The normalized spacial score (nSPS) is 16.5. The lowest BCUT2D eigenvalue weighted by molar-refractivity contribution is 0.0260. The fourth-order valence-corrected chi connectivity index (χ4v) is 5.14. The molecule has 31 heavy (non-hydrogen) atoms. The Hall–Kier alpha value is -1.35. The number of Topliss-reactive ketones (excluding diaryl/α,β-unsaturated/α-hetero) is 1. The molecule has 1 aromatic heterocycles. The number of hydrogen-bond acceptors (Lipinski definition) is 6. The SMILES string of the molecule is Br.O=C1Cc2ccccc2C(=C2CCN(CCOCCOCCO)CC2)c2ccsc21. The predicted octanol–water partition coefficient (Wildman–Crippen LogP) is 3.99. The summed E-state index contributed by atoms with van der Waals surface area (Å²) < 4.78 is 10.8. The van der Waals surface area contributed by atoms with Crippen molar-refractivity contribution in [3.8, 4) is 0 Å². The number of likely N-dealkylation sites (tertiary alicyclic amines) is 1. The van der Waals surface area contributed by atoms with E-state index in [-0.39, 0.29) is 29.4 Å². The van der Waals surface area contributed by atoms with Crippen LogP contribution in [0.4, 0.5) is 0 Å². The van der Waals surface area contributed by atoms with Crippen LogP contribution in [0.2, 0.25) is 0 Å². The van der Waals surface area contributed by atoms with Gasteiger partial charge in [-0.1, -0.05) is 29.8 Å². The largest absolute Gasteiger partial charge is 0.394 e. The number of hydrogen-bond donors (Lipinski definition) is 1. The Kier molecular flexibility index (Phi) is 9.44. The number of fused-ring (bicyclic) bond motifs is 2. The van der Waals surface area contributed by atoms with E-state index in [1.807, 2.05) is 11.4 Å². The number of carbonyl (C=O) groups excluding carboxylic acids is 1. The molecule has 2 heterocycles. The quantitative estimate of drug-likeness (QED) is 0.547. The predicted molar refractivity (Wildman–Crippen MR) is 130 cm³/mol. The highest BCUT2D eigenvalue weighted by Crippen LogP contribution is 2.40. The molecule has 0 radical (unpaired) electrons. The summed E-state index contributed by atoms with van der Waals surface area (Å²) in [6.07, 6.45) is 2.53. The van der Waals surface area contributed by atoms with Crippen LogP contribution in [0.5, 0.6) is 0 Å². The van der Waals surface area contributed by atoms with E-state index in [4.69, 9.17) is 14.6 Å². The van der Waals surface area contributed by atoms with Gasteiger partial charge in [0.2, 0.25) is 0 Å². The maximum Gasteiger partial charge on any atom is 0.177 e. The van der Waals surface area contributed by atoms with Crippen molar-refractivity contribution in [2.45, 2.75) is 19.3 Å². The molecular weight excluding hydrogens is 478 g/mol. The number of aliphatic hydroxyl groups excluding tert-OH is 1. The topological polar surface area (TPSA) is 59.0 Å². The van der Waals surface area contributed by atoms with Crippen molar-refractivity contribution in [2.75, 3.05) is 52.7 Å². The molecule has 1 aromatic carbocycles. The number of piperidine rings is 1. The molecule has 5 nitrogen and oxygen atoms in total. The monoisotopic (exact) mass is 507 g/mol. The number of halogens is 1. The van der Waals surface area contributed by atoms with Crippen LogP contribution >= 0.6 is 28.3 Å². The van der Waals surface area contributed by atoms with Gasteiger partial charge in [0.15, 0.2) is 5.78 Å². The lowest BCUT2D eigenvalue weighted by atomic mass is 9.87. The maximum absolute atomic E-state index is 12.8. The minimum Gasteiger partial charge on any atom is -0.394 e.